The minimum Gasteiger partial charge on any atom is -0.465 e. The zero-order chi connectivity index (χ0) is 24.3. The average molecular weight is 497 g/mol. The van der Waals surface area contributed by atoms with Crippen LogP contribution in [0.4, 0.5) is 9.18 Å². The Kier molecular flexibility index (Phi) is 5.32. The number of rotatable bonds is 4. The molecule has 1 N–H and O–H groups in total. The summed E-state index contributed by atoms with van der Waals surface area (Å²) in [6, 6.07) is 6.09. The van der Waals surface area contributed by atoms with Crippen LogP contribution in [-0.4, -0.2) is 57.8 Å². The minimum absolute atomic E-state index is 0.0912. The molecular weight excluding hydrogens is 471 g/mol. The van der Waals surface area contributed by atoms with Crippen molar-refractivity contribution in [2.24, 2.45) is 5.41 Å². The van der Waals surface area contributed by atoms with Crippen molar-refractivity contribution >= 4 is 42.0 Å². The maximum absolute atomic E-state index is 14.0. The number of aromatic nitrogens is 3. The van der Waals surface area contributed by atoms with Crippen LogP contribution in [0.1, 0.15) is 28.2 Å². The number of carboxylic acid groups (broad SMARTS) is 1. The first-order valence-corrected chi connectivity index (χ1v) is 15.5. The van der Waals surface area contributed by atoms with E-state index in [1.54, 1.807) is 23.0 Å². The fourth-order valence-corrected chi connectivity index (χ4v) is 7.35. The minimum atomic E-state index is -1.68. The highest BCUT2D eigenvalue weighted by atomic mass is 32.1. The smallest absolute Gasteiger partial charge is 0.407 e. The van der Waals surface area contributed by atoms with E-state index in [-0.39, 0.29) is 18.1 Å². The summed E-state index contributed by atoms with van der Waals surface area (Å²) in [5.74, 6) is -0.458. The van der Waals surface area contributed by atoms with E-state index in [1.807, 2.05) is 11.5 Å². The number of thiazole rings is 1. The predicted octanol–water partition coefficient (Wildman–Crippen LogP) is 4.21. The SMILES string of the molecule is C[Si](C)(C)c1nc(C(=O)C23Cc4cnn(-c5ccc(F)cc5)c4C=C2CCN(C(=O)O)C3)cs1. The van der Waals surface area contributed by atoms with Gasteiger partial charge in [-0.25, -0.2) is 18.9 Å². The van der Waals surface area contributed by atoms with E-state index in [1.165, 1.54) is 28.4 Å². The molecule has 0 radical (unpaired) electrons. The van der Waals surface area contributed by atoms with Crippen LogP contribution in [0, 0.1) is 11.2 Å². The van der Waals surface area contributed by atoms with Crippen LogP contribution in [0.5, 0.6) is 0 Å². The van der Waals surface area contributed by atoms with Gasteiger partial charge in [0.25, 0.3) is 0 Å². The first kappa shape index (κ1) is 22.7. The third-order valence-electron chi connectivity index (χ3n) is 6.57. The van der Waals surface area contributed by atoms with E-state index in [2.05, 4.69) is 24.7 Å². The second-order valence-electron chi connectivity index (χ2n) is 9.94. The average Bonchev–Trinajstić information content (AvgIpc) is 3.44. The largest absolute Gasteiger partial charge is 0.465 e. The summed E-state index contributed by atoms with van der Waals surface area (Å²) >= 11 is 1.51. The summed E-state index contributed by atoms with van der Waals surface area (Å²) in [5.41, 5.74) is 2.72. The molecule has 0 bridgehead atoms. The molecule has 1 saturated heterocycles. The molecule has 2 aromatic heterocycles. The third-order valence-corrected chi connectivity index (χ3v) is 10.8. The summed E-state index contributed by atoms with van der Waals surface area (Å²) in [4.78, 5) is 31.9. The molecule has 7 nitrogen and oxygen atoms in total. The quantitative estimate of drug-likeness (QED) is 0.432. The molecule has 2 aliphatic rings. The lowest BCUT2D eigenvalue weighted by Crippen LogP contribution is -2.53. The highest BCUT2D eigenvalue weighted by Gasteiger charge is 2.50. The maximum Gasteiger partial charge on any atom is 0.407 e. The zero-order valence-corrected chi connectivity index (χ0v) is 21.0. The van der Waals surface area contributed by atoms with Crippen molar-refractivity contribution < 1.29 is 19.1 Å². The van der Waals surface area contributed by atoms with Gasteiger partial charge in [0.1, 0.15) is 19.6 Å². The Morgan fingerprint density at radius 2 is 1.94 bits per heavy atom. The lowest BCUT2D eigenvalue weighted by Gasteiger charge is -2.44. The highest BCUT2D eigenvalue weighted by Crippen LogP contribution is 2.46. The van der Waals surface area contributed by atoms with Gasteiger partial charge in [-0.05, 0) is 48.7 Å². The summed E-state index contributed by atoms with van der Waals surface area (Å²) < 4.78 is 16.2. The normalized spacial score (nSPS) is 19.9. The fraction of sp³-hybridized carbons (Fsp3) is 0.333. The molecule has 34 heavy (non-hydrogen) atoms. The lowest BCUT2D eigenvalue weighted by atomic mass is 9.65. The number of carbonyl (C=O) groups is 2. The molecule has 5 rings (SSSR count). The molecule has 1 atom stereocenters. The predicted molar refractivity (Wildman–Crippen MR) is 131 cm³/mol. The molecule has 1 aliphatic carbocycles. The van der Waals surface area contributed by atoms with Gasteiger partial charge in [0.2, 0.25) is 0 Å². The first-order valence-electron chi connectivity index (χ1n) is 11.1. The second kappa shape index (κ2) is 7.98. The van der Waals surface area contributed by atoms with Gasteiger partial charge < -0.3 is 10.0 Å². The number of fused-ring (bicyclic) bond motifs is 2. The summed E-state index contributed by atoms with van der Waals surface area (Å²) in [6.07, 6.45) is 3.46. The zero-order valence-electron chi connectivity index (χ0n) is 19.2. The van der Waals surface area contributed by atoms with E-state index in [0.29, 0.717) is 25.1 Å². The Morgan fingerprint density at radius 1 is 1.21 bits per heavy atom. The molecule has 3 heterocycles. The number of piperidine rings is 1. The molecule has 0 saturated carbocycles. The Balaban J connectivity index is 1.59. The fourth-order valence-electron chi connectivity index (χ4n) is 4.77. The van der Waals surface area contributed by atoms with Gasteiger partial charge in [-0.2, -0.15) is 5.10 Å². The number of carbonyl (C=O) groups excluding carboxylic acids is 1. The number of hydrogen-bond acceptors (Lipinski definition) is 5. The van der Waals surface area contributed by atoms with Crippen LogP contribution in [0.3, 0.4) is 0 Å². The molecule has 3 aromatic rings. The van der Waals surface area contributed by atoms with Crippen molar-refractivity contribution in [3.05, 3.63) is 64.2 Å². The van der Waals surface area contributed by atoms with Crippen LogP contribution in [0.25, 0.3) is 11.8 Å². The molecule has 10 heteroatoms. The Morgan fingerprint density at radius 3 is 2.59 bits per heavy atom. The summed E-state index contributed by atoms with van der Waals surface area (Å²) in [6.45, 7) is 6.98. The number of likely N-dealkylation sites (tertiary alicyclic amines) is 1. The second-order valence-corrected chi connectivity index (χ2v) is 16.1. The molecule has 1 fully saturated rings. The number of nitrogens with zero attached hydrogens (tertiary/aromatic N) is 4. The van der Waals surface area contributed by atoms with Gasteiger partial charge in [-0.1, -0.05) is 25.2 Å². The van der Waals surface area contributed by atoms with Gasteiger partial charge in [0.15, 0.2) is 5.78 Å². The van der Waals surface area contributed by atoms with Crippen molar-refractivity contribution in [1.82, 2.24) is 19.7 Å². The third kappa shape index (κ3) is 3.70. The van der Waals surface area contributed by atoms with Crippen molar-refractivity contribution in [1.29, 1.82) is 0 Å². The standard InChI is InChI=1S/C24H25FN4O3SSi/c1-34(2,3)22-27-19(13-33-22)21(30)24-11-15-12-26-29(18-6-4-17(25)5-7-18)20(15)10-16(24)8-9-28(14-24)23(31)32/h4-7,10,12-13H,8-9,11,14H2,1-3H3,(H,31,32). The van der Waals surface area contributed by atoms with Gasteiger partial charge in [0.05, 0.1) is 27.6 Å². The summed E-state index contributed by atoms with van der Waals surface area (Å²) in [5, 5.41) is 16.0. The first-order chi connectivity index (χ1) is 16.1. The number of hydrogen-bond donors (Lipinski definition) is 1. The number of ketones is 1. The Bertz CT molecular complexity index is 1320. The van der Waals surface area contributed by atoms with Crippen LogP contribution in [0.15, 0.2) is 41.4 Å². The van der Waals surface area contributed by atoms with Gasteiger partial charge in [0, 0.05) is 18.5 Å². The van der Waals surface area contributed by atoms with Crippen molar-refractivity contribution in [3.8, 4) is 5.69 Å². The molecule has 1 aromatic carbocycles. The van der Waals surface area contributed by atoms with Gasteiger partial charge in [-0.3, -0.25) is 4.79 Å². The highest BCUT2D eigenvalue weighted by molar-refractivity contribution is 7.24. The monoisotopic (exact) mass is 496 g/mol. The lowest BCUT2D eigenvalue weighted by molar-refractivity contribution is 0.0686. The molecular formula is C24H25FN4O3SSi. The molecule has 1 unspecified atom stereocenters. The Labute approximate surface area is 201 Å². The van der Waals surface area contributed by atoms with Crippen LogP contribution >= 0.6 is 11.3 Å². The molecule has 176 valence electrons. The van der Waals surface area contributed by atoms with Crippen LogP contribution in [-0.2, 0) is 6.42 Å². The van der Waals surface area contributed by atoms with Gasteiger partial charge in [-0.15, -0.1) is 11.3 Å². The molecule has 1 amide bonds. The van der Waals surface area contributed by atoms with E-state index in [9.17, 15) is 19.1 Å². The number of benzene rings is 1. The van der Waals surface area contributed by atoms with E-state index in [4.69, 9.17) is 4.98 Å². The van der Waals surface area contributed by atoms with E-state index >= 15 is 0 Å². The number of amides is 1. The van der Waals surface area contributed by atoms with Crippen molar-refractivity contribution in [2.75, 3.05) is 13.1 Å². The topological polar surface area (TPSA) is 88.3 Å². The van der Waals surface area contributed by atoms with Crippen molar-refractivity contribution in [2.45, 2.75) is 32.5 Å². The number of halogens is 1. The van der Waals surface area contributed by atoms with E-state index in [0.717, 1.165) is 27.1 Å². The maximum atomic E-state index is 14.0. The van der Waals surface area contributed by atoms with Crippen LogP contribution < -0.4 is 4.63 Å². The Hall–Kier alpha value is -3.11. The molecule has 0 spiro atoms. The van der Waals surface area contributed by atoms with E-state index < -0.39 is 19.6 Å². The molecule has 1 aliphatic heterocycles. The number of Topliss-reactive ketones (excluding diaryl/α,β-unsaturated/α-hetero) is 1. The van der Waals surface area contributed by atoms with Crippen molar-refractivity contribution in [3.63, 3.8) is 0 Å². The summed E-state index contributed by atoms with van der Waals surface area (Å²) in [7, 11) is -1.68. The van der Waals surface area contributed by atoms with Gasteiger partial charge >= 0.3 is 6.09 Å². The van der Waals surface area contributed by atoms with Crippen LogP contribution in [0.2, 0.25) is 19.6 Å².